The number of hydrogen-bond donors (Lipinski definition) is 2. The normalized spacial score (nSPS) is 12.0. The molecule has 116 valence electrons. The highest BCUT2D eigenvalue weighted by atomic mass is 16.3. The lowest BCUT2D eigenvalue weighted by Crippen LogP contribution is -2.16. The van der Waals surface area contributed by atoms with Crippen LogP contribution in [0.1, 0.15) is 43.1 Å². The molecule has 1 amide bonds. The molecule has 2 N–H and O–H groups in total. The van der Waals surface area contributed by atoms with Crippen LogP contribution in [-0.2, 0) is 17.6 Å². The van der Waals surface area contributed by atoms with Gasteiger partial charge in [0.2, 0.25) is 5.91 Å². The molecule has 0 aliphatic heterocycles. The fourth-order valence-electron chi connectivity index (χ4n) is 2.44. The highest BCUT2D eigenvalue weighted by molar-refractivity contribution is 5.92. The number of anilines is 1. The van der Waals surface area contributed by atoms with Crippen LogP contribution < -0.4 is 5.32 Å². The minimum atomic E-state index is -0.777. The number of nitrogens with one attached hydrogen (secondary N) is 1. The van der Waals surface area contributed by atoms with Crippen molar-refractivity contribution in [2.75, 3.05) is 5.32 Å². The molecule has 0 aromatic heterocycles. The fourth-order valence-corrected chi connectivity index (χ4v) is 2.44. The molecule has 0 radical (unpaired) electrons. The summed E-state index contributed by atoms with van der Waals surface area (Å²) < 4.78 is 0. The molecule has 2 rings (SSSR count). The number of amides is 1. The first-order chi connectivity index (χ1) is 10.6. The van der Waals surface area contributed by atoms with Gasteiger partial charge in [0.25, 0.3) is 0 Å². The van der Waals surface area contributed by atoms with Gasteiger partial charge in [0.1, 0.15) is 0 Å². The highest BCUT2D eigenvalue weighted by Crippen LogP contribution is 2.21. The Hall–Kier alpha value is -2.13. The third-order valence-corrected chi connectivity index (χ3v) is 3.80. The van der Waals surface area contributed by atoms with Crippen LogP contribution in [0.3, 0.4) is 0 Å². The van der Waals surface area contributed by atoms with E-state index >= 15 is 0 Å². The van der Waals surface area contributed by atoms with Crippen LogP contribution in [0.25, 0.3) is 0 Å². The van der Waals surface area contributed by atoms with Gasteiger partial charge in [0.05, 0.1) is 12.5 Å². The van der Waals surface area contributed by atoms with Crippen molar-refractivity contribution in [2.45, 2.75) is 39.2 Å². The Kier molecular flexibility index (Phi) is 5.73. The van der Waals surface area contributed by atoms with E-state index in [0.29, 0.717) is 0 Å². The number of carbonyl (C=O) groups excluding carboxylic acids is 1. The van der Waals surface area contributed by atoms with Gasteiger partial charge < -0.3 is 10.4 Å². The second kappa shape index (κ2) is 7.76. The Labute approximate surface area is 132 Å². The molecule has 1 unspecified atom stereocenters. The molecule has 0 saturated carbocycles. The molecule has 0 saturated heterocycles. The fraction of sp³-hybridized carbons (Fsp3) is 0.316. The van der Waals surface area contributed by atoms with Crippen molar-refractivity contribution in [1.82, 2.24) is 0 Å². The molecule has 0 spiro atoms. The number of hydrogen-bond acceptors (Lipinski definition) is 2. The molecule has 2 aromatic carbocycles. The van der Waals surface area contributed by atoms with Gasteiger partial charge in [-0.25, -0.2) is 0 Å². The number of carbonyl (C=O) groups is 1. The standard InChI is InChI=1S/C19H23NO2/c1-3-14-10-11-15(4-2)17(12-14)20-19(22)13-18(21)16-8-6-5-7-9-16/h5-12,18,21H,3-4,13H2,1-2H3,(H,20,22). The maximum Gasteiger partial charge on any atom is 0.227 e. The quantitative estimate of drug-likeness (QED) is 0.850. The first-order valence-corrected chi connectivity index (χ1v) is 7.78. The number of rotatable bonds is 6. The summed E-state index contributed by atoms with van der Waals surface area (Å²) in [6, 6.07) is 15.4. The van der Waals surface area contributed by atoms with Crippen LogP contribution in [0.4, 0.5) is 5.69 Å². The average molecular weight is 297 g/mol. The van der Waals surface area contributed by atoms with Crippen molar-refractivity contribution in [2.24, 2.45) is 0 Å². The van der Waals surface area contributed by atoms with Crippen molar-refractivity contribution in [1.29, 1.82) is 0 Å². The van der Waals surface area contributed by atoms with E-state index in [4.69, 9.17) is 0 Å². The highest BCUT2D eigenvalue weighted by Gasteiger charge is 2.14. The molecule has 0 fully saturated rings. The first kappa shape index (κ1) is 16.2. The third kappa shape index (κ3) is 4.18. The molecule has 0 bridgehead atoms. The lowest BCUT2D eigenvalue weighted by atomic mass is 10.0. The van der Waals surface area contributed by atoms with Crippen LogP contribution in [0.5, 0.6) is 0 Å². The monoisotopic (exact) mass is 297 g/mol. The van der Waals surface area contributed by atoms with E-state index in [1.165, 1.54) is 5.56 Å². The molecular weight excluding hydrogens is 274 g/mol. The molecule has 3 nitrogen and oxygen atoms in total. The summed E-state index contributed by atoms with van der Waals surface area (Å²) in [5.74, 6) is -0.167. The van der Waals surface area contributed by atoms with Gasteiger partial charge in [-0.3, -0.25) is 4.79 Å². The van der Waals surface area contributed by atoms with E-state index in [-0.39, 0.29) is 12.3 Å². The molecule has 22 heavy (non-hydrogen) atoms. The number of aliphatic hydroxyl groups is 1. The second-order valence-corrected chi connectivity index (χ2v) is 5.38. The summed E-state index contributed by atoms with van der Waals surface area (Å²) in [4.78, 5) is 12.2. The van der Waals surface area contributed by atoms with Gasteiger partial charge in [0, 0.05) is 5.69 Å². The van der Waals surface area contributed by atoms with E-state index in [1.807, 2.05) is 36.4 Å². The molecule has 2 aromatic rings. The Morgan fingerprint density at radius 3 is 2.45 bits per heavy atom. The van der Waals surface area contributed by atoms with Crippen molar-refractivity contribution >= 4 is 11.6 Å². The van der Waals surface area contributed by atoms with Crippen molar-refractivity contribution in [3.63, 3.8) is 0 Å². The zero-order valence-corrected chi connectivity index (χ0v) is 13.2. The molecular formula is C19H23NO2. The topological polar surface area (TPSA) is 49.3 Å². The molecule has 3 heteroatoms. The average Bonchev–Trinajstić information content (AvgIpc) is 2.55. The van der Waals surface area contributed by atoms with Gasteiger partial charge in [0.15, 0.2) is 0 Å². The molecule has 0 aliphatic carbocycles. The number of benzene rings is 2. The van der Waals surface area contributed by atoms with Gasteiger partial charge in [-0.2, -0.15) is 0 Å². The summed E-state index contributed by atoms with van der Waals surface area (Å²) in [7, 11) is 0. The van der Waals surface area contributed by atoms with Crippen LogP contribution in [0, 0.1) is 0 Å². The van der Waals surface area contributed by atoms with E-state index in [0.717, 1.165) is 29.7 Å². The lowest BCUT2D eigenvalue weighted by Gasteiger charge is -2.14. The van der Waals surface area contributed by atoms with Gasteiger partial charge in [-0.1, -0.05) is 56.3 Å². The maximum absolute atomic E-state index is 12.2. The number of aliphatic hydroxyl groups excluding tert-OH is 1. The Bertz CT molecular complexity index is 623. The SMILES string of the molecule is CCc1ccc(CC)c(NC(=O)CC(O)c2ccccc2)c1. The van der Waals surface area contributed by atoms with E-state index in [9.17, 15) is 9.90 Å². The van der Waals surface area contributed by atoms with Crippen LogP contribution in [0.15, 0.2) is 48.5 Å². The molecule has 0 heterocycles. The number of aryl methyl sites for hydroxylation is 2. The van der Waals surface area contributed by atoms with E-state index in [1.54, 1.807) is 0 Å². The summed E-state index contributed by atoms with van der Waals surface area (Å²) in [5, 5.41) is 13.1. The van der Waals surface area contributed by atoms with Crippen molar-refractivity contribution < 1.29 is 9.90 Å². The van der Waals surface area contributed by atoms with Crippen LogP contribution >= 0.6 is 0 Å². The Morgan fingerprint density at radius 1 is 1.09 bits per heavy atom. The Morgan fingerprint density at radius 2 is 1.82 bits per heavy atom. The van der Waals surface area contributed by atoms with Crippen LogP contribution in [0.2, 0.25) is 0 Å². The lowest BCUT2D eigenvalue weighted by molar-refractivity contribution is -0.118. The van der Waals surface area contributed by atoms with Gasteiger partial charge in [-0.15, -0.1) is 0 Å². The second-order valence-electron chi connectivity index (χ2n) is 5.38. The van der Waals surface area contributed by atoms with Gasteiger partial charge >= 0.3 is 0 Å². The smallest absolute Gasteiger partial charge is 0.227 e. The molecule has 1 atom stereocenters. The zero-order valence-electron chi connectivity index (χ0n) is 13.2. The summed E-state index contributed by atoms with van der Waals surface area (Å²) in [6.07, 6.45) is 1.07. The van der Waals surface area contributed by atoms with Crippen LogP contribution in [-0.4, -0.2) is 11.0 Å². The predicted octanol–water partition coefficient (Wildman–Crippen LogP) is 3.87. The summed E-state index contributed by atoms with van der Waals surface area (Å²) >= 11 is 0. The Balaban J connectivity index is 2.05. The zero-order chi connectivity index (χ0) is 15.9. The largest absolute Gasteiger partial charge is 0.388 e. The third-order valence-electron chi connectivity index (χ3n) is 3.80. The van der Waals surface area contributed by atoms with Gasteiger partial charge in [-0.05, 0) is 35.6 Å². The van der Waals surface area contributed by atoms with Crippen molar-refractivity contribution in [3.05, 3.63) is 65.2 Å². The summed E-state index contributed by atoms with van der Waals surface area (Å²) in [5.41, 5.74) is 3.92. The first-order valence-electron chi connectivity index (χ1n) is 7.78. The van der Waals surface area contributed by atoms with E-state index in [2.05, 4.69) is 31.3 Å². The van der Waals surface area contributed by atoms with Crippen molar-refractivity contribution in [3.8, 4) is 0 Å². The summed E-state index contributed by atoms with van der Waals surface area (Å²) in [6.45, 7) is 4.15. The minimum absolute atomic E-state index is 0.0590. The minimum Gasteiger partial charge on any atom is -0.388 e. The van der Waals surface area contributed by atoms with E-state index < -0.39 is 6.10 Å². The molecule has 0 aliphatic rings. The maximum atomic E-state index is 12.2. The predicted molar refractivity (Wildman–Crippen MR) is 89.8 cm³/mol.